The first-order valence-corrected chi connectivity index (χ1v) is 7.27. The molecule has 0 unspecified atom stereocenters. The number of para-hydroxylation sites is 1. The van der Waals surface area contributed by atoms with Crippen molar-refractivity contribution in [1.82, 2.24) is 10.4 Å². The highest BCUT2D eigenvalue weighted by molar-refractivity contribution is 5.89. The number of hydrogen-bond acceptors (Lipinski definition) is 3. The molecule has 0 aliphatic carbocycles. The Morgan fingerprint density at radius 3 is 3.00 bits per heavy atom. The van der Waals surface area contributed by atoms with Crippen molar-refractivity contribution in [3.8, 4) is 5.75 Å². The smallest absolute Gasteiger partial charge is 0.244 e. The van der Waals surface area contributed by atoms with Gasteiger partial charge in [0.1, 0.15) is 5.75 Å². The molecule has 116 valence electrons. The molecule has 0 bridgehead atoms. The SMILES string of the molecule is COc1cccc(/C=N/NC(=O)Cc2c[nH]c3ccccc23)c1. The molecule has 2 aromatic carbocycles. The van der Waals surface area contributed by atoms with E-state index in [1.165, 1.54) is 0 Å². The molecular weight excluding hydrogens is 290 g/mol. The predicted molar refractivity (Wildman–Crippen MR) is 90.7 cm³/mol. The number of hydrazone groups is 1. The van der Waals surface area contributed by atoms with Crippen LogP contribution >= 0.6 is 0 Å². The molecule has 3 rings (SSSR count). The highest BCUT2D eigenvalue weighted by atomic mass is 16.5. The molecular formula is C18H17N3O2. The van der Waals surface area contributed by atoms with Crippen LogP contribution in [0.2, 0.25) is 0 Å². The van der Waals surface area contributed by atoms with Crippen LogP contribution in [0, 0.1) is 0 Å². The van der Waals surface area contributed by atoms with Crippen molar-refractivity contribution in [1.29, 1.82) is 0 Å². The summed E-state index contributed by atoms with van der Waals surface area (Å²) in [6.45, 7) is 0. The Hall–Kier alpha value is -3.08. The third-order valence-corrected chi connectivity index (χ3v) is 3.52. The van der Waals surface area contributed by atoms with Crippen LogP contribution in [0.3, 0.4) is 0 Å². The minimum absolute atomic E-state index is 0.158. The van der Waals surface area contributed by atoms with Crippen LogP contribution in [0.5, 0.6) is 5.75 Å². The molecule has 0 saturated heterocycles. The number of carbonyl (C=O) groups is 1. The van der Waals surface area contributed by atoms with Gasteiger partial charge >= 0.3 is 0 Å². The van der Waals surface area contributed by atoms with Crippen LogP contribution in [0.25, 0.3) is 10.9 Å². The number of aromatic nitrogens is 1. The van der Waals surface area contributed by atoms with Crippen molar-refractivity contribution in [3.05, 3.63) is 65.9 Å². The zero-order valence-corrected chi connectivity index (χ0v) is 12.7. The third-order valence-electron chi connectivity index (χ3n) is 3.52. The standard InChI is InChI=1S/C18H17N3O2/c1-23-15-6-4-5-13(9-15)11-20-21-18(22)10-14-12-19-17-8-3-2-7-16(14)17/h2-9,11-12,19H,10H2,1H3,(H,21,22)/b20-11+. The summed E-state index contributed by atoms with van der Waals surface area (Å²) in [6.07, 6.45) is 3.73. The van der Waals surface area contributed by atoms with Gasteiger partial charge in [0.2, 0.25) is 5.91 Å². The van der Waals surface area contributed by atoms with Gasteiger partial charge in [0, 0.05) is 17.1 Å². The molecule has 0 aliphatic rings. The van der Waals surface area contributed by atoms with E-state index in [1.807, 2.05) is 54.7 Å². The van der Waals surface area contributed by atoms with Gasteiger partial charge in [-0.05, 0) is 29.3 Å². The lowest BCUT2D eigenvalue weighted by atomic mass is 10.1. The fraction of sp³-hybridized carbons (Fsp3) is 0.111. The average Bonchev–Trinajstić information content (AvgIpc) is 2.98. The lowest BCUT2D eigenvalue weighted by molar-refractivity contribution is -0.120. The van der Waals surface area contributed by atoms with Crippen molar-refractivity contribution in [3.63, 3.8) is 0 Å². The average molecular weight is 307 g/mol. The Balaban J connectivity index is 1.62. The number of nitrogens with zero attached hydrogens (tertiary/aromatic N) is 1. The van der Waals surface area contributed by atoms with Crippen LogP contribution in [0.4, 0.5) is 0 Å². The van der Waals surface area contributed by atoms with Gasteiger partial charge < -0.3 is 9.72 Å². The molecule has 0 aliphatic heterocycles. The van der Waals surface area contributed by atoms with Gasteiger partial charge in [-0.25, -0.2) is 5.43 Å². The zero-order chi connectivity index (χ0) is 16.1. The number of ether oxygens (including phenoxy) is 1. The summed E-state index contributed by atoms with van der Waals surface area (Å²) in [5.41, 5.74) is 5.38. The number of carbonyl (C=O) groups excluding carboxylic acids is 1. The van der Waals surface area contributed by atoms with Crippen LogP contribution in [0.15, 0.2) is 59.8 Å². The van der Waals surface area contributed by atoms with E-state index in [4.69, 9.17) is 4.74 Å². The van der Waals surface area contributed by atoms with Crippen molar-refractivity contribution < 1.29 is 9.53 Å². The summed E-state index contributed by atoms with van der Waals surface area (Å²) in [5.74, 6) is 0.591. The van der Waals surface area contributed by atoms with E-state index in [1.54, 1.807) is 13.3 Å². The van der Waals surface area contributed by atoms with E-state index in [0.29, 0.717) is 0 Å². The molecule has 23 heavy (non-hydrogen) atoms. The second-order valence-electron chi connectivity index (χ2n) is 5.11. The lowest BCUT2D eigenvalue weighted by Crippen LogP contribution is -2.19. The second-order valence-corrected chi connectivity index (χ2v) is 5.11. The number of hydrogen-bond donors (Lipinski definition) is 2. The first-order chi connectivity index (χ1) is 11.3. The predicted octanol–water partition coefficient (Wildman–Crippen LogP) is 2.87. The summed E-state index contributed by atoms with van der Waals surface area (Å²) < 4.78 is 5.14. The van der Waals surface area contributed by atoms with Gasteiger partial charge in [-0.1, -0.05) is 30.3 Å². The third kappa shape index (κ3) is 3.58. The molecule has 1 aromatic heterocycles. The Morgan fingerprint density at radius 2 is 2.13 bits per heavy atom. The highest BCUT2D eigenvalue weighted by Crippen LogP contribution is 2.17. The normalized spacial score (nSPS) is 11.0. The molecule has 2 N–H and O–H groups in total. The van der Waals surface area contributed by atoms with Gasteiger partial charge in [-0.15, -0.1) is 0 Å². The largest absolute Gasteiger partial charge is 0.497 e. The summed E-state index contributed by atoms with van der Waals surface area (Å²) in [7, 11) is 1.61. The minimum Gasteiger partial charge on any atom is -0.497 e. The lowest BCUT2D eigenvalue weighted by Gasteiger charge is -2.01. The molecule has 0 fully saturated rings. The number of rotatable bonds is 5. The Labute approximate surface area is 134 Å². The summed E-state index contributed by atoms with van der Waals surface area (Å²) in [4.78, 5) is 15.2. The Kier molecular flexibility index (Phi) is 4.38. The Bertz CT molecular complexity index is 852. The van der Waals surface area contributed by atoms with Gasteiger partial charge in [0.15, 0.2) is 0 Å². The van der Waals surface area contributed by atoms with E-state index >= 15 is 0 Å². The van der Waals surface area contributed by atoms with Crippen LogP contribution in [0.1, 0.15) is 11.1 Å². The van der Waals surface area contributed by atoms with Gasteiger partial charge in [0.05, 0.1) is 19.7 Å². The number of methoxy groups -OCH3 is 1. The molecule has 5 heteroatoms. The first-order valence-electron chi connectivity index (χ1n) is 7.27. The van der Waals surface area contributed by atoms with E-state index in [2.05, 4.69) is 15.5 Å². The van der Waals surface area contributed by atoms with E-state index < -0.39 is 0 Å². The van der Waals surface area contributed by atoms with Crippen molar-refractivity contribution >= 4 is 23.0 Å². The number of fused-ring (bicyclic) bond motifs is 1. The van der Waals surface area contributed by atoms with Gasteiger partial charge in [-0.3, -0.25) is 4.79 Å². The van der Waals surface area contributed by atoms with Gasteiger partial charge in [-0.2, -0.15) is 5.10 Å². The van der Waals surface area contributed by atoms with Crippen LogP contribution in [-0.4, -0.2) is 24.2 Å². The van der Waals surface area contributed by atoms with E-state index in [9.17, 15) is 4.79 Å². The zero-order valence-electron chi connectivity index (χ0n) is 12.7. The Morgan fingerprint density at radius 1 is 1.26 bits per heavy atom. The van der Waals surface area contributed by atoms with E-state index in [0.717, 1.165) is 27.8 Å². The molecule has 1 heterocycles. The fourth-order valence-electron chi connectivity index (χ4n) is 2.39. The van der Waals surface area contributed by atoms with Crippen LogP contribution in [-0.2, 0) is 11.2 Å². The summed E-state index contributed by atoms with van der Waals surface area (Å²) >= 11 is 0. The van der Waals surface area contributed by atoms with Crippen LogP contribution < -0.4 is 10.2 Å². The summed E-state index contributed by atoms with van der Waals surface area (Å²) in [5, 5.41) is 5.04. The van der Waals surface area contributed by atoms with Crippen molar-refractivity contribution in [2.24, 2.45) is 5.10 Å². The van der Waals surface area contributed by atoms with Crippen molar-refractivity contribution in [2.45, 2.75) is 6.42 Å². The molecule has 0 atom stereocenters. The molecule has 0 saturated carbocycles. The minimum atomic E-state index is -0.158. The highest BCUT2D eigenvalue weighted by Gasteiger charge is 2.07. The maximum Gasteiger partial charge on any atom is 0.244 e. The maximum absolute atomic E-state index is 12.0. The van der Waals surface area contributed by atoms with E-state index in [-0.39, 0.29) is 12.3 Å². The second kappa shape index (κ2) is 6.79. The number of amides is 1. The number of aromatic amines is 1. The topological polar surface area (TPSA) is 66.5 Å². The molecule has 1 amide bonds. The number of H-pyrrole nitrogens is 1. The molecule has 0 spiro atoms. The molecule has 0 radical (unpaired) electrons. The summed E-state index contributed by atoms with van der Waals surface area (Å²) in [6, 6.07) is 15.3. The molecule has 3 aromatic rings. The fourth-order valence-corrected chi connectivity index (χ4v) is 2.39. The quantitative estimate of drug-likeness (QED) is 0.562. The molecule has 5 nitrogen and oxygen atoms in total. The number of benzene rings is 2. The maximum atomic E-state index is 12.0. The number of nitrogens with one attached hydrogen (secondary N) is 2. The first kappa shape index (κ1) is 14.8. The van der Waals surface area contributed by atoms with Gasteiger partial charge in [0.25, 0.3) is 0 Å². The monoisotopic (exact) mass is 307 g/mol. The van der Waals surface area contributed by atoms with Crippen molar-refractivity contribution in [2.75, 3.05) is 7.11 Å².